The highest BCUT2D eigenvalue weighted by Crippen LogP contribution is 2.25. The van der Waals surface area contributed by atoms with Crippen LogP contribution >= 0.6 is 0 Å². The molecule has 1 heterocycles. The van der Waals surface area contributed by atoms with Gasteiger partial charge in [0.15, 0.2) is 11.2 Å². The lowest BCUT2D eigenvalue weighted by atomic mass is 10.0. The van der Waals surface area contributed by atoms with Gasteiger partial charge >= 0.3 is 5.97 Å². The van der Waals surface area contributed by atoms with Gasteiger partial charge in [-0.3, -0.25) is 9.59 Å². The van der Waals surface area contributed by atoms with Crippen molar-refractivity contribution in [1.82, 2.24) is 4.57 Å². The van der Waals surface area contributed by atoms with Crippen molar-refractivity contribution in [3.63, 3.8) is 0 Å². The summed E-state index contributed by atoms with van der Waals surface area (Å²) in [6.45, 7) is 5.71. The molecule has 0 bridgehead atoms. The van der Waals surface area contributed by atoms with Gasteiger partial charge in [-0.2, -0.15) is 0 Å². The van der Waals surface area contributed by atoms with Crippen LogP contribution in [0.3, 0.4) is 0 Å². The molecule has 122 valence electrons. The number of methoxy groups -OCH3 is 1. The first-order chi connectivity index (χ1) is 10.8. The Morgan fingerprint density at radius 2 is 1.91 bits per heavy atom. The lowest BCUT2D eigenvalue weighted by Gasteiger charge is -2.18. The molecule has 0 fully saturated rings. The molecule has 6 heteroatoms. The fraction of sp³-hybridized carbons (Fsp3) is 0.353. The van der Waals surface area contributed by atoms with Crippen molar-refractivity contribution in [2.75, 3.05) is 7.11 Å². The number of Topliss-reactive ketones (excluding diaryl/α,β-unsaturated/α-hetero) is 1. The second-order valence-corrected chi connectivity index (χ2v) is 5.83. The maximum absolute atomic E-state index is 12.3. The van der Waals surface area contributed by atoms with Gasteiger partial charge in [0.1, 0.15) is 11.4 Å². The predicted molar refractivity (Wildman–Crippen MR) is 86.1 cm³/mol. The summed E-state index contributed by atoms with van der Waals surface area (Å²) < 4.78 is 6.38. The van der Waals surface area contributed by atoms with Gasteiger partial charge in [-0.1, -0.05) is 13.8 Å². The Labute approximate surface area is 133 Å². The number of phenolic OH excluding ortho intramolecular Hbond substituents is 1. The van der Waals surface area contributed by atoms with Crippen LogP contribution < -0.4 is 5.43 Å². The van der Waals surface area contributed by atoms with Crippen molar-refractivity contribution in [3.05, 3.63) is 39.7 Å². The molecule has 0 aliphatic rings. The van der Waals surface area contributed by atoms with Crippen LogP contribution in [0.2, 0.25) is 0 Å². The number of pyridine rings is 1. The molecule has 0 spiro atoms. The Hall–Kier alpha value is -2.63. The van der Waals surface area contributed by atoms with E-state index in [0.29, 0.717) is 12.1 Å². The van der Waals surface area contributed by atoms with E-state index in [1.807, 2.05) is 13.8 Å². The van der Waals surface area contributed by atoms with Crippen molar-refractivity contribution in [2.45, 2.75) is 27.3 Å². The minimum Gasteiger partial charge on any atom is -0.507 e. The average molecular weight is 317 g/mol. The van der Waals surface area contributed by atoms with Crippen molar-refractivity contribution >= 4 is 22.7 Å². The molecule has 6 nitrogen and oxygen atoms in total. The second-order valence-electron chi connectivity index (χ2n) is 5.83. The quantitative estimate of drug-likeness (QED) is 0.691. The molecule has 0 unspecified atom stereocenters. The number of benzene rings is 1. The number of esters is 1. The van der Waals surface area contributed by atoms with Gasteiger partial charge in [0, 0.05) is 24.1 Å². The number of phenols is 1. The Balaban J connectivity index is 2.91. The fourth-order valence-corrected chi connectivity index (χ4v) is 2.53. The molecule has 0 aliphatic heterocycles. The standard InChI is InChI=1S/C17H19NO5/c1-9(2)8-18-13-6-15(20)11(10(3)19)5-12(13)16(21)7-14(18)17(22)23-4/h5-7,9,20H,8H2,1-4H3. The number of aromatic hydroxyl groups is 1. The predicted octanol–water partition coefficient (Wildman–Crippen LogP) is 2.35. The molecule has 0 amide bonds. The zero-order valence-electron chi connectivity index (χ0n) is 13.5. The maximum Gasteiger partial charge on any atom is 0.354 e. The Bertz CT molecular complexity index is 848. The minimum absolute atomic E-state index is 0.0801. The van der Waals surface area contributed by atoms with E-state index in [1.54, 1.807) is 4.57 Å². The van der Waals surface area contributed by atoms with Crippen LogP contribution in [0.25, 0.3) is 10.9 Å². The van der Waals surface area contributed by atoms with Crippen LogP contribution in [0.5, 0.6) is 5.75 Å². The fourth-order valence-electron chi connectivity index (χ4n) is 2.53. The van der Waals surface area contributed by atoms with Gasteiger partial charge in [0.2, 0.25) is 0 Å². The molecular formula is C17H19NO5. The number of hydrogen-bond acceptors (Lipinski definition) is 5. The van der Waals surface area contributed by atoms with E-state index in [-0.39, 0.29) is 34.1 Å². The highest BCUT2D eigenvalue weighted by atomic mass is 16.5. The Morgan fingerprint density at radius 3 is 2.43 bits per heavy atom. The Kier molecular flexibility index (Phi) is 4.54. The van der Waals surface area contributed by atoms with E-state index >= 15 is 0 Å². The van der Waals surface area contributed by atoms with Gasteiger partial charge in [-0.05, 0) is 18.9 Å². The van der Waals surface area contributed by atoms with E-state index in [1.165, 1.54) is 32.2 Å². The van der Waals surface area contributed by atoms with Gasteiger partial charge in [0.05, 0.1) is 18.2 Å². The lowest BCUT2D eigenvalue weighted by Crippen LogP contribution is -2.21. The van der Waals surface area contributed by atoms with Crippen molar-refractivity contribution < 1.29 is 19.4 Å². The number of hydrogen-bond donors (Lipinski definition) is 1. The molecule has 2 aromatic rings. The molecular weight excluding hydrogens is 298 g/mol. The van der Waals surface area contributed by atoms with Crippen molar-refractivity contribution in [2.24, 2.45) is 5.92 Å². The summed E-state index contributed by atoms with van der Waals surface area (Å²) in [6, 6.07) is 3.92. The van der Waals surface area contributed by atoms with Crippen LogP contribution in [0, 0.1) is 5.92 Å². The summed E-state index contributed by atoms with van der Waals surface area (Å²) in [5.74, 6) is -0.987. The third-order valence-electron chi connectivity index (χ3n) is 3.55. The van der Waals surface area contributed by atoms with Gasteiger partial charge in [-0.25, -0.2) is 4.79 Å². The largest absolute Gasteiger partial charge is 0.507 e. The second kappa shape index (κ2) is 6.24. The van der Waals surface area contributed by atoms with Crippen LogP contribution in [-0.4, -0.2) is 28.5 Å². The first kappa shape index (κ1) is 16.7. The van der Waals surface area contributed by atoms with Gasteiger partial charge < -0.3 is 14.4 Å². The molecule has 0 radical (unpaired) electrons. The number of nitrogens with zero attached hydrogens (tertiary/aromatic N) is 1. The third-order valence-corrected chi connectivity index (χ3v) is 3.55. The first-order valence-electron chi connectivity index (χ1n) is 7.26. The van der Waals surface area contributed by atoms with Gasteiger partial charge in [0.25, 0.3) is 0 Å². The SMILES string of the molecule is COC(=O)c1cc(=O)c2cc(C(C)=O)c(O)cc2n1CC(C)C. The molecule has 1 N–H and O–H groups in total. The molecule has 0 saturated heterocycles. The van der Waals surface area contributed by atoms with Crippen molar-refractivity contribution in [1.29, 1.82) is 0 Å². The molecule has 2 rings (SSSR count). The summed E-state index contributed by atoms with van der Waals surface area (Å²) >= 11 is 0. The minimum atomic E-state index is -0.625. The molecule has 0 atom stereocenters. The number of fused-ring (bicyclic) bond motifs is 1. The number of ketones is 1. The maximum atomic E-state index is 12.3. The van der Waals surface area contributed by atoms with E-state index < -0.39 is 11.4 Å². The molecule has 0 aliphatic carbocycles. The van der Waals surface area contributed by atoms with E-state index in [4.69, 9.17) is 4.74 Å². The van der Waals surface area contributed by atoms with E-state index in [9.17, 15) is 19.5 Å². The zero-order valence-corrected chi connectivity index (χ0v) is 13.5. The molecule has 1 aromatic heterocycles. The lowest BCUT2D eigenvalue weighted by molar-refractivity contribution is 0.0587. The topological polar surface area (TPSA) is 85.6 Å². The number of carbonyl (C=O) groups excluding carboxylic acids is 2. The first-order valence-corrected chi connectivity index (χ1v) is 7.26. The van der Waals surface area contributed by atoms with E-state index in [2.05, 4.69) is 0 Å². The van der Waals surface area contributed by atoms with E-state index in [0.717, 1.165) is 0 Å². The Morgan fingerprint density at radius 1 is 1.26 bits per heavy atom. The van der Waals surface area contributed by atoms with Gasteiger partial charge in [-0.15, -0.1) is 0 Å². The number of carbonyl (C=O) groups is 2. The molecule has 23 heavy (non-hydrogen) atoms. The summed E-state index contributed by atoms with van der Waals surface area (Å²) in [5.41, 5.74) is 0.196. The number of aromatic nitrogens is 1. The summed E-state index contributed by atoms with van der Waals surface area (Å²) in [4.78, 5) is 35.9. The number of rotatable bonds is 4. The summed E-state index contributed by atoms with van der Waals surface area (Å²) in [5, 5.41) is 10.3. The summed E-state index contributed by atoms with van der Waals surface area (Å²) in [7, 11) is 1.24. The summed E-state index contributed by atoms with van der Waals surface area (Å²) in [6.07, 6.45) is 0. The van der Waals surface area contributed by atoms with Crippen LogP contribution in [0.1, 0.15) is 41.6 Å². The molecule has 0 saturated carbocycles. The van der Waals surface area contributed by atoms with Crippen molar-refractivity contribution in [3.8, 4) is 5.75 Å². The third kappa shape index (κ3) is 3.11. The van der Waals surface area contributed by atoms with Crippen LogP contribution in [0.4, 0.5) is 0 Å². The smallest absolute Gasteiger partial charge is 0.354 e. The molecule has 1 aromatic carbocycles. The average Bonchev–Trinajstić information content (AvgIpc) is 2.47. The normalized spacial score (nSPS) is 11.0. The monoisotopic (exact) mass is 317 g/mol. The van der Waals surface area contributed by atoms with Crippen LogP contribution in [-0.2, 0) is 11.3 Å². The highest BCUT2D eigenvalue weighted by Gasteiger charge is 2.19. The zero-order chi connectivity index (χ0) is 17.3. The number of ether oxygens (including phenoxy) is 1. The highest BCUT2D eigenvalue weighted by molar-refractivity contribution is 6.01. The van der Waals surface area contributed by atoms with Crippen LogP contribution in [0.15, 0.2) is 23.0 Å².